The number of aromatic nitrogens is 3. The van der Waals surface area contributed by atoms with E-state index in [2.05, 4.69) is 14.9 Å². The van der Waals surface area contributed by atoms with E-state index >= 15 is 0 Å². The minimum Gasteiger partial charge on any atom is -0.385 e. The van der Waals surface area contributed by atoms with Crippen LogP contribution in [0, 0.1) is 0 Å². The molecule has 2 aromatic heterocycles. The van der Waals surface area contributed by atoms with Crippen LogP contribution in [0.2, 0.25) is 0 Å². The second kappa shape index (κ2) is 6.85. The van der Waals surface area contributed by atoms with Gasteiger partial charge in [0.15, 0.2) is 0 Å². The van der Waals surface area contributed by atoms with Gasteiger partial charge in [-0.1, -0.05) is 0 Å². The van der Waals surface area contributed by atoms with Gasteiger partial charge in [-0.05, 0) is 12.5 Å². The Balaban J connectivity index is 1.87. The summed E-state index contributed by atoms with van der Waals surface area (Å²) in [6, 6.07) is 1.87. The third kappa shape index (κ3) is 3.10. The minimum atomic E-state index is -0.0536. The molecule has 2 aromatic rings. The summed E-state index contributed by atoms with van der Waals surface area (Å²) in [5.74, 6) is 0.660. The number of methoxy groups -OCH3 is 1. The standard InChI is InChI=1S/C15H20N4O3/c1-21-8-2-4-18-5-3-13-12(14(18)20)11-16-15(17-13)19-6-9-22-10-7-19/h3,5,11H,2,4,6-10H2,1H3. The molecule has 118 valence electrons. The molecule has 0 spiro atoms. The van der Waals surface area contributed by atoms with E-state index in [0.717, 1.165) is 19.5 Å². The predicted octanol–water partition coefficient (Wildman–Crippen LogP) is 0.665. The topological polar surface area (TPSA) is 69.5 Å². The van der Waals surface area contributed by atoms with Crippen molar-refractivity contribution in [3.63, 3.8) is 0 Å². The van der Waals surface area contributed by atoms with Gasteiger partial charge in [0.1, 0.15) is 0 Å². The molecule has 3 rings (SSSR count). The highest BCUT2D eigenvalue weighted by Gasteiger charge is 2.15. The van der Waals surface area contributed by atoms with E-state index in [9.17, 15) is 4.79 Å². The molecule has 0 aromatic carbocycles. The van der Waals surface area contributed by atoms with Crippen LogP contribution in [0.15, 0.2) is 23.3 Å². The monoisotopic (exact) mass is 304 g/mol. The Kier molecular flexibility index (Phi) is 4.65. The highest BCUT2D eigenvalue weighted by atomic mass is 16.5. The fraction of sp³-hybridized carbons (Fsp3) is 0.533. The first-order chi connectivity index (χ1) is 10.8. The number of anilines is 1. The van der Waals surface area contributed by atoms with Gasteiger partial charge in [-0.25, -0.2) is 9.97 Å². The molecule has 0 saturated carbocycles. The average Bonchev–Trinajstić information content (AvgIpc) is 2.57. The van der Waals surface area contributed by atoms with Gasteiger partial charge in [-0.2, -0.15) is 0 Å². The van der Waals surface area contributed by atoms with Crippen molar-refractivity contribution in [3.05, 3.63) is 28.8 Å². The predicted molar refractivity (Wildman–Crippen MR) is 83.3 cm³/mol. The third-order valence-corrected chi connectivity index (χ3v) is 3.75. The fourth-order valence-corrected chi connectivity index (χ4v) is 2.53. The smallest absolute Gasteiger partial charge is 0.261 e. The van der Waals surface area contributed by atoms with E-state index in [1.807, 2.05) is 6.07 Å². The van der Waals surface area contributed by atoms with Crippen LogP contribution < -0.4 is 10.5 Å². The van der Waals surface area contributed by atoms with Crippen molar-refractivity contribution in [2.24, 2.45) is 0 Å². The van der Waals surface area contributed by atoms with Crippen LogP contribution in [-0.4, -0.2) is 54.6 Å². The summed E-state index contributed by atoms with van der Waals surface area (Å²) in [4.78, 5) is 23.4. The zero-order chi connectivity index (χ0) is 15.4. The second-order valence-corrected chi connectivity index (χ2v) is 5.23. The van der Waals surface area contributed by atoms with Crippen molar-refractivity contribution in [3.8, 4) is 0 Å². The van der Waals surface area contributed by atoms with Gasteiger partial charge in [0.05, 0.1) is 24.1 Å². The molecule has 3 heterocycles. The van der Waals surface area contributed by atoms with Crippen LogP contribution in [0.25, 0.3) is 10.9 Å². The summed E-state index contributed by atoms with van der Waals surface area (Å²) < 4.78 is 12.0. The Hall–Kier alpha value is -1.99. The number of aryl methyl sites for hydroxylation is 1. The zero-order valence-electron chi connectivity index (χ0n) is 12.7. The Morgan fingerprint density at radius 1 is 1.36 bits per heavy atom. The lowest BCUT2D eigenvalue weighted by atomic mass is 10.3. The van der Waals surface area contributed by atoms with Gasteiger partial charge in [-0.15, -0.1) is 0 Å². The number of fused-ring (bicyclic) bond motifs is 1. The largest absolute Gasteiger partial charge is 0.385 e. The number of pyridine rings is 1. The number of hydrogen-bond acceptors (Lipinski definition) is 6. The van der Waals surface area contributed by atoms with Gasteiger partial charge < -0.3 is 18.9 Å². The van der Waals surface area contributed by atoms with E-state index in [4.69, 9.17) is 9.47 Å². The molecule has 0 N–H and O–H groups in total. The van der Waals surface area contributed by atoms with Gasteiger partial charge in [-0.3, -0.25) is 4.79 Å². The zero-order valence-corrected chi connectivity index (χ0v) is 12.7. The molecule has 1 fully saturated rings. The number of nitrogens with zero attached hydrogens (tertiary/aromatic N) is 4. The summed E-state index contributed by atoms with van der Waals surface area (Å²) in [7, 11) is 1.66. The molecule has 0 amide bonds. The minimum absolute atomic E-state index is 0.0536. The van der Waals surface area contributed by atoms with Crippen molar-refractivity contribution in [1.29, 1.82) is 0 Å². The van der Waals surface area contributed by atoms with E-state index < -0.39 is 0 Å². The Morgan fingerprint density at radius 3 is 2.95 bits per heavy atom. The molecule has 22 heavy (non-hydrogen) atoms. The molecular weight excluding hydrogens is 284 g/mol. The lowest BCUT2D eigenvalue weighted by Crippen LogP contribution is -2.37. The van der Waals surface area contributed by atoms with Gasteiger partial charge in [0.2, 0.25) is 5.95 Å². The number of ether oxygens (including phenoxy) is 2. The molecular formula is C15H20N4O3. The highest BCUT2D eigenvalue weighted by Crippen LogP contribution is 2.13. The molecule has 0 radical (unpaired) electrons. The van der Waals surface area contributed by atoms with E-state index in [0.29, 0.717) is 43.2 Å². The molecule has 0 atom stereocenters. The van der Waals surface area contributed by atoms with Gasteiger partial charge in [0.25, 0.3) is 5.56 Å². The lowest BCUT2D eigenvalue weighted by Gasteiger charge is -2.26. The summed E-state index contributed by atoms with van der Waals surface area (Å²) in [5.41, 5.74) is 0.631. The first-order valence-corrected chi connectivity index (χ1v) is 7.47. The van der Waals surface area contributed by atoms with Crippen molar-refractivity contribution in [2.45, 2.75) is 13.0 Å². The van der Waals surface area contributed by atoms with Crippen molar-refractivity contribution in [2.75, 3.05) is 44.9 Å². The molecule has 0 bridgehead atoms. The third-order valence-electron chi connectivity index (χ3n) is 3.75. The van der Waals surface area contributed by atoms with Crippen LogP contribution in [-0.2, 0) is 16.0 Å². The maximum absolute atomic E-state index is 12.4. The molecule has 7 heteroatoms. The van der Waals surface area contributed by atoms with Gasteiger partial charge >= 0.3 is 0 Å². The first-order valence-electron chi connectivity index (χ1n) is 7.47. The lowest BCUT2D eigenvalue weighted by molar-refractivity contribution is 0.122. The Bertz CT molecular complexity index is 695. The van der Waals surface area contributed by atoms with Crippen molar-refractivity contribution >= 4 is 16.9 Å². The fourth-order valence-electron chi connectivity index (χ4n) is 2.53. The maximum atomic E-state index is 12.4. The van der Waals surface area contributed by atoms with E-state index in [1.165, 1.54) is 0 Å². The average molecular weight is 304 g/mol. The summed E-state index contributed by atoms with van der Waals surface area (Å²) in [6.07, 6.45) is 4.22. The Labute approximate surface area is 128 Å². The Morgan fingerprint density at radius 2 is 2.18 bits per heavy atom. The van der Waals surface area contributed by atoms with Crippen LogP contribution in [0.1, 0.15) is 6.42 Å². The second-order valence-electron chi connectivity index (χ2n) is 5.23. The van der Waals surface area contributed by atoms with Crippen LogP contribution in [0.5, 0.6) is 0 Å². The summed E-state index contributed by atoms with van der Waals surface area (Å²) in [5, 5.41) is 0.553. The number of hydrogen-bond donors (Lipinski definition) is 0. The normalized spacial score (nSPS) is 15.4. The SMILES string of the molecule is COCCCn1ccc2nc(N3CCOCC3)ncc2c1=O. The van der Waals surface area contributed by atoms with Crippen molar-refractivity contribution < 1.29 is 9.47 Å². The van der Waals surface area contributed by atoms with E-state index in [1.54, 1.807) is 24.1 Å². The first kappa shape index (κ1) is 14.9. The van der Waals surface area contributed by atoms with Gasteiger partial charge in [0, 0.05) is 45.7 Å². The highest BCUT2D eigenvalue weighted by molar-refractivity contribution is 5.77. The quantitative estimate of drug-likeness (QED) is 0.756. The van der Waals surface area contributed by atoms with Crippen LogP contribution in [0.3, 0.4) is 0 Å². The summed E-state index contributed by atoms with van der Waals surface area (Å²) in [6.45, 7) is 4.19. The molecule has 0 aliphatic carbocycles. The molecule has 1 saturated heterocycles. The number of morpholine rings is 1. The maximum Gasteiger partial charge on any atom is 0.261 e. The molecule has 7 nitrogen and oxygen atoms in total. The molecule has 1 aliphatic rings. The summed E-state index contributed by atoms with van der Waals surface area (Å²) >= 11 is 0. The van der Waals surface area contributed by atoms with Crippen LogP contribution in [0.4, 0.5) is 5.95 Å². The van der Waals surface area contributed by atoms with Crippen LogP contribution >= 0.6 is 0 Å². The molecule has 0 unspecified atom stereocenters. The number of rotatable bonds is 5. The van der Waals surface area contributed by atoms with E-state index in [-0.39, 0.29) is 5.56 Å². The molecule has 1 aliphatic heterocycles. The van der Waals surface area contributed by atoms with Crippen molar-refractivity contribution in [1.82, 2.24) is 14.5 Å².